The van der Waals surface area contributed by atoms with Gasteiger partial charge in [-0.1, -0.05) is 36.4 Å². The Bertz CT molecular complexity index is 861. The predicted octanol–water partition coefficient (Wildman–Crippen LogP) is 1.91. The summed E-state index contributed by atoms with van der Waals surface area (Å²) in [5.41, 5.74) is 0.884. The molecule has 2 atom stereocenters. The van der Waals surface area contributed by atoms with Gasteiger partial charge in [0.1, 0.15) is 17.4 Å². The first-order chi connectivity index (χ1) is 12.3. The maximum Gasteiger partial charge on any atom is 0.322 e. The summed E-state index contributed by atoms with van der Waals surface area (Å²) in [5, 5.41) is 15.1. The molecular weight excluding hydrogens is 336 g/mol. The van der Waals surface area contributed by atoms with Crippen LogP contribution < -0.4 is 15.4 Å². The number of rotatable bonds is 4. The molecule has 3 N–H and O–H groups in total. The van der Waals surface area contributed by atoms with Crippen LogP contribution in [0, 0.1) is 0 Å². The van der Waals surface area contributed by atoms with Gasteiger partial charge in [-0.15, -0.1) is 0 Å². The summed E-state index contributed by atoms with van der Waals surface area (Å²) in [5.74, 6) is -0.489. The van der Waals surface area contributed by atoms with Crippen LogP contribution in [0.3, 0.4) is 0 Å². The van der Waals surface area contributed by atoms with Gasteiger partial charge in [0, 0.05) is 6.92 Å². The Morgan fingerprint density at radius 1 is 1.04 bits per heavy atom. The second kappa shape index (κ2) is 6.61. The van der Waals surface area contributed by atoms with Crippen molar-refractivity contribution in [3.05, 3.63) is 54.1 Å². The Labute approximate surface area is 150 Å². The monoisotopic (exact) mass is 354 g/mol. The third-order valence-electron chi connectivity index (χ3n) is 4.29. The summed E-state index contributed by atoms with van der Waals surface area (Å²) in [6.07, 6.45) is -1.19. The number of aliphatic hydroxyl groups is 1. The van der Waals surface area contributed by atoms with Gasteiger partial charge in [0.25, 0.3) is 5.91 Å². The lowest BCUT2D eigenvalue weighted by molar-refractivity contribution is -0.132. The number of hydrogen-bond acceptors (Lipinski definition) is 5. The van der Waals surface area contributed by atoms with Crippen molar-refractivity contribution in [2.24, 2.45) is 0 Å². The van der Waals surface area contributed by atoms with Crippen molar-refractivity contribution in [3.63, 3.8) is 0 Å². The first kappa shape index (κ1) is 17.6. The number of nitrogens with one attached hydrogen (secondary N) is 2. The van der Waals surface area contributed by atoms with Gasteiger partial charge in [-0.25, -0.2) is 4.79 Å². The first-order valence-corrected chi connectivity index (χ1v) is 8.00. The predicted molar refractivity (Wildman–Crippen MR) is 93.2 cm³/mol. The molecule has 1 fully saturated rings. The van der Waals surface area contributed by atoms with Crippen LogP contribution in [0.25, 0.3) is 11.1 Å². The molecule has 0 radical (unpaired) electrons. The zero-order valence-corrected chi connectivity index (χ0v) is 14.3. The number of carbonyl (C=O) groups excluding carboxylic acids is 3. The number of carbonyl (C=O) groups is 3. The van der Waals surface area contributed by atoms with Crippen LogP contribution in [0.2, 0.25) is 0 Å². The zero-order valence-electron chi connectivity index (χ0n) is 14.3. The van der Waals surface area contributed by atoms with Gasteiger partial charge in [0.2, 0.25) is 0 Å². The van der Waals surface area contributed by atoms with Gasteiger partial charge >= 0.3 is 12.0 Å². The summed E-state index contributed by atoms with van der Waals surface area (Å²) in [7, 11) is 0. The van der Waals surface area contributed by atoms with E-state index in [1.165, 1.54) is 13.8 Å². The van der Waals surface area contributed by atoms with Crippen molar-refractivity contribution in [3.8, 4) is 16.9 Å². The van der Waals surface area contributed by atoms with Crippen LogP contribution >= 0.6 is 0 Å². The van der Waals surface area contributed by atoms with E-state index in [1.807, 2.05) is 12.1 Å². The van der Waals surface area contributed by atoms with Gasteiger partial charge < -0.3 is 15.2 Å². The van der Waals surface area contributed by atoms with Crippen molar-refractivity contribution in [1.29, 1.82) is 0 Å². The van der Waals surface area contributed by atoms with Gasteiger partial charge in [-0.05, 0) is 35.7 Å². The second-order valence-electron chi connectivity index (χ2n) is 6.25. The molecule has 26 heavy (non-hydrogen) atoms. The van der Waals surface area contributed by atoms with Crippen molar-refractivity contribution >= 4 is 17.9 Å². The lowest BCUT2D eigenvalue weighted by Crippen LogP contribution is -2.49. The second-order valence-corrected chi connectivity index (χ2v) is 6.25. The van der Waals surface area contributed by atoms with Crippen LogP contribution in [-0.4, -0.2) is 28.6 Å². The highest BCUT2D eigenvalue weighted by Crippen LogP contribution is 2.30. The number of aliphatic hydroxyl groups excluding tert-OH is 1. The van der Waals surface area contributed by atoms with Crippen LogP contribution in [0.4, 0.5) is 4.79 Å². The molecule has 1 aliphatic rings. The van der Waals surface area contributed by atoms with Crippen molar-refractivity contribution in [2.75, 3.05) is 0 Å². The quantitative estimate of drug-likeness (QED) is 0.442. The minimum atomic E-state index is -1.41. The summed E-state index contributed by atoms with van der Waals surface area (Å²) >= 11 is 0. The molecular formula is C19H18N2O5. The number of esters is 1. The highest BCUT2D eigenvalue weighted by atomic mass is 16.5. The van der Waals surface area contributed by atoms with Crippen LogP contribution in [0.1, 0.15) is 25.5 Å². The molecule has 0 saturated carbocycles. The normalized spacial score (nSPS) is 20.3. The van der Waals surface area contributed by atoms with E-state index in [2.05, 4.69) is 10.6 Å². The number of amides is 3. The molecule has 7 heteroatoms. The SMILES string of the molecule is CC(=O)Oc1ccc(-c2ccc(C(O)C3(C)NC(=O)NC3=O)cc2)cc1. The molecule has 2 aromatic rings. The molecule has 134 valence electrons. The summed E-state index contributed by atoms with van der Waals surface area (Å²) < 4.78 is 5.00. The smallest absolute Gasteiger partial charge is 0.322 e. The average molecular weight is 354 g/mol. The minimum Gasteiger partial charge on any atom is -0.427 e. The molecule has 1 saturated heterocycles. The Balaban J connectivity index is 1.79. The molecule has 0 aliphatic carbocycles. The van der Waals surface area contributed by atoms with E-state index >= 15 is 0 Å². The Hall–Kier alpha value is -3.19. The third kappa shape index (κ3) is 3.29. The number of ether oxygens (including phenoxy) is 1. The average Bonchev–Trinajstić information content (AvgIpc) is 2.87. The van der Waals surface area contributed by atoms with E-state index in [1.54, 1.807) is 36.4 Å². The van der Waals surface area contributed by atoms with E-state index in [4.69, 9.17) is 4.74 Å². The van der Waals surface area contributed by atoms with Crippen LogP contribution in [0.15, 0.2) is 48.5 Å². The molecule has 2 unspecified atom stereocenters. The third-order valence-corrected chi connectivity index (χ3v) is 4.29. The largest absolute Gasteiger partial charge is 0.427 e. The van der Waals surface area contributed by atoms with Gasteiger partial charge in [-0.2, -0.15) is 0 Å². The molecule has 3 amide bonds. The maximum atomic E-state index is 11.9. The number of imide groups is 1. The molecule has 1 heterocycles. The van der Waals surface area contributed by atoms with E-state index in [9.17, 15) is 19.5 Å². The highest BCUT2D eigenvalue weighted by molar-refractivity contribution is 6.07. The Morgan fingerprint density at radius 2 is 1.58 bits per heavy atom. The van der Waals surface area contributed by atoms with Crippen molar-refractivity contribution < 1.29 is 24.2 Å². The van der Waals surface area contributed by atoms with E-state index < -0.39 is 23.6 Å². The molecule has 7 nitrogen and oxygen atoms in total. The molecule has 0 bridgehead atoms. The Morgan fingerprint density at radius 3 is 2.04 bits per heavy atom. The minimum absolute atomic E-state index is 0.382. The fourth-order valence-electron chi connectivity index (χ4n) is 2.82. The summed E-state index contributed by atoms with van der Waals surface area (Å²) in [4.78, 5) is 34.2. The van der Waals surface area contributed by atoms with Crippen LogP contribution in [0.5, 0.6) is 5.75 Å². The van der Waals surface area contributed by atoms with Crippen LogP contribution in [-0.2, 0) is 9.59 Å². The van der Waals surface area contributed by atoms with E-state index in [0.29, 0.717) is 11.3 Å². The first-order valence-electron chi connectivity index (χ1n) is 8.00. The lowest BCUT2D eigenvalue weighted by Gasteiger charge is -2.27. The number of urea groups is 1. The maximum absolute atomic E-state index is 11.9. The molecule has 0 aromatic heterocycles. The summed E-state index contributed by atoms with van der Waals surface area (Å²) in [6, 6.07) is 13.4. The zero-order chi connectivity index (χ0) is 18.9. The number of benzene rings is 2. The van der Waals surface area contributed by atoms with E-state index in [-0.39, 0.29) is 5.97 Å². The number of hydrogen-bond donors (Lipinski definition) is 3. The molecule has 3 rings (SSSR count). The molecule has 1 aliphatic heterocycles. The fraction of sp³-hybridized carbons (Fsp3) is 0.211. The molecule has 2 aromatic carbocycles. The van der Waals surface area contributed by atoms with Crippen molar-refractivity contribution in [2.45, 2.75) is 25.5 Å². The molecule has 0 spiro atoms. The fourth-order valence-corrected chi connectivity index (χ4v) is 2.82. The summed E-state index contributed by atoms with van der Waals surface area (Å²) in [6.45, 7) is 2.81. The standard InChI is InChI=1S/C19H18N2O5/c1-11(22)26-15-9-7-13(8-10-15)12-3-5-14(6-4-12)16(23)19(2)17(24)20-18(25)21-19/h3-10,16,23H,1-2H3,(H2,20,21,24,25). The van der Waals surface area contributed by atoms with Gasteiger partial charge in [0.15, 0.2) is 0 Å². The Kier molecular flexibility index (Phi) is 4.48. The van der Waals surface area contributed by atoms with E-state index in [0.717, 1.165) is 11.1 Å². The lowest BCUT2D eigenvalue weighted by atomic mass is 9.89. The topological polar surface area (TPSA) is 105 Å². The van der Waals surface area contributed by atoms with Gasteiger partial charge in [0.05, 0.1) is 0 Å². The highest BCUT2D eigenvalue weighted by Gasteiger charge is 2.48. The van der Waals surface area contributed by atoms with Gasteiger partial charge in [-0.3, -0.25) is 14.9 Å². The van der Waals surface area contributed by atoms with Crippen molar-refractivity contribution in [1.82, 2.24) is 10.6 Å².